The molecule has 0 saturated heterocycles. The first-order valence-corrected chi connectivity index (χ1v) is 5.53. The van der Waals surface area contributed by atoms with Crippen molar-refractivity contribution in [1.82, 2.24) is 14.8 Å². The summed E-state index contributed by atoms with van der Waals surface area (Å²) in [5.41, 5.74) is 0.869. The van der Waals surface area contributed by atoms with Gasteiger partial charge in [-0.25, -0.2) is 0 Å². The number of aromatic amines is 1. The Morgan fingerprint density at radius 1 is 1.50 bits per heavy atom. The van der Waals surface area contributed by atoms with E-state index in [1.807, 2.05) is 12.1 Å². The van der Waals surface area contributed by atoms with E-state index >= 15 is 0 Å². The molecule has 1 aromatic heterocycles. The second kappa shape index (κ2) is 4.78. The lowest BCUT2D eigenvalue weighted by molar-refractivity contribution is 0.276. The Kier molecular flexibility index (Phi) is 3.38. The molecule has 16 heavy (non-hydrogen) atoms. The zero-order chi connectivity index (χ0) is 11.5. The first-order valence-electron chi connectivity index (χ1n) is 4.74. The minimum atomic E-state index is 0.0153. The van der Waals surface area contributed by atoms with Crippen LogP contribution in [0.3, 0.4) is 0 Å². The molecule has 84 valence electrons. The molecule has 0 amide bonds. The van der Waals surface area contributed by atoms with Gasteiger partial charge in [0, 0.05) is 10.6 Å². The third kappa shape index (κ3) is 2.16. The zero-order valence-electron chi connectivity index (χ0n) is 8.35. The quantitative estimate of drug-likeness (QED) is 0.828. The minimum Gasteiger partial charge on any atom is -0.395 e. The van der Waals surface area contributed by atoms with Gasteiger partial charge in [-0.05, 0) is 24.4 Å². The van der Waals surface area contributed by atoms with Gasteiger partial charge in [-0.2, -0.15) is 5.10 Å². The number of hydrogen-bond donors (Lipinski definition) is 2. The Bertz CT molecular complexity index is 549. The molecule has 0 bridgehead atoms. The Labute approximate surface area is 103 Å². The Morgan fingerprint density at radius 3 is 3.00 bits per heavy atom. The number of halogens is 1. The fourth-order valence-corrected chi connectivity index (χ4v) is 1.89. The van der Waals surface area contributed by atoms with E-state index in [-0.39, 0.29) is 6.61 Å². The van der Waals surface area contributed by atoms with Crippen LogP contribution in [0.1, 0.15) is 0 Å². The lowest BCUT2D eigenvalue weighted by atomic mass is 10.2. The summed E-state index contributed by atoms with van der Waals surface area (Å²) in [7, 11) is 0. The van der Waals surface area contributed by atoms with Gasteiger partial charge in [-0.15, -0.1) is 0 Å². The van der Waals surface area contributed by atoms with Crippen molar-refractivity contribution >= 4 is 23.8 Å². The highest BCUT2D eigenvalue weighted by Gasteiger charge is 2.08. The first kappa shape index (κ1) is 11.3. The second-order valence-electron chi connectivity index (χ2n) is 3.24. The van der Waals surface area contributed by atoms with Gasteiger partial charge in [0.05, 0.1) is 13.2 Å². The maximum atomic E-state index is 8.95. The number of rotatable bonds is 3. The van der Waals surface area contributed by atoms with Gasteiger partial charge < -0.3 is 5.11 Å². The minimum absolute atomic E-state index is 0.0153. The van der Waals surface area contributed by atoms with Crippen LogP contribution in [0.2, 0.25) is 5.02 Å². The molecule has 1 heterocycles. The average Bonchev–Trinajstić information content (AvgIpc) is 2.61. The number of nitrogens with zero attached hydrogens (tertiary/aromatic N) is 2. The molecule has 0 fully saturated rings. The molecular formula is C10H10ClN3OS. The number of aliphatic hydroxyl groups is 1. The summed E-state index contributed by atoms with van der Waals surface area (Å²) in [4.78, 5) is 0. The van der Waals surface area contributed by atoms with Crippen molar-refractivity contribution in [2.45, 2.75) is 6.54 Å². The summed E-state index contributed by atoms with van der Waals surface area (Å²) in [6, 6.07) is 7.34. The second-order valence-corrected chi connectivity index (χ2v) is 4.06. The van der Waals surface area contributed by atoms with Crippen LogP contribution >= 0.6 is 23.8 Å². The lowest BCUT2D eigenvalue weighted by Crippen LogP contribution is -2.04. The monoisotopic (exact) mass is 255 g/mol. The van der Waals surface area contributed by atoms with Crippen molar-refractivity contribution in [3.63, 3.8) is 0 Å². The zero-order valence-corrected chi connectivity index (χ0v) is 9.92. The number of aliphatic hydroxyl groups excluding tert-OH is 1. The van der Waals surface area contributed by atoms with Crippen molar-refractivity contribution in [2.75, 3.05) is 6.61 Å². The number of benzene rings is 1. The van der Waals surface area contributed by atoms with E-state index in [4.69, 9.17) is 28.9 Å². The van der Waals surface area contributed by atoms with Gasteiger partial charge >= 0.3 is 0 Å². The van der Waals surface area contributed by atoms with Crippen molar-refractivity contribution in [3.05, 3.63) is 34.1 Å². The normalized spacial score (nSPS) is 10.6. The molecule has 6 heteroatoms. The molecule has 0 aliphatic carbocycles. The summed E-state index contributed by atoms with van der Waals surface area (Å²) < 4.78 is 2.23. The maximum absolute atomic E-state index is 8.95. The predicted molar refractivity (Wildman–Crippen MR) is 64.9 cm³/mol. The van der Waals surface area contributed by atoms with Crippen LogP contribution in [0.15, 0.2) is 24.3 Å². The summed E-state index contributed by atoms with van der Waals surface area (Å²) >= 11 is 11.0. The Morgan fingerprint density at radius 2 is 2.31 bits per heavy atom. The standard InChI is InChI=1S/C10H10ClN3OS/c11-8-3-1-2-7(6-8)9-12-13-10(16)14(9)4-5-15/h1-3,6,15H,4-5H2,(H,13,16). The summed E-state index contributed by atoms with van der Waals surface area (Å²) in [5.74, 6) is 0.682. The number of aromatic nitrogens is 3. The number of nitrogens with one attached hydrogen (secondary N) is 1. The maximum Gasteiger partial charge on any atom is 0.195 e. The first-order chi connectivity index (χ1) is 7.72. The van der Waals surface area contributed by atoms with E-state index in [0.29, 0.717) is 22.2 Å². The molecule has 0 aliphatic rings. The highest BCUT2D eigenvalue weighted by Crippen LogP contribution is 2.20. The SMILES string of the molecule is OCCn1c(-c2cccc(Cl)c2)n[nH]c1=S. The molecule has 0 aliphatic heterocycles. The van der Waals surface area contributed by atoms with Crippen LogP contribution < -0.4 is 0 Å². The van der Waals surface area contributed by atoms with Gasteiger partial charge in [-0.1, -0.05) is 23.7 Å². The summed E-state index contributed by atoms with van der Waals surface area (Å²) in [5, 5.41) is 16.4. The summed E-state index contributed by atoms with van der Waals surface area (Å²) in [6.45, 7) is 0.429. The fourth-order valence-electron chi connectivity index (χ4n) is 1.47. The van der Waals surface area contributed by atoms with Crippen molar-refractivity contribution in [3.8, 4) is 11.4 Å². The van der Waals surface area contributed by atoms with Crippen LogP contribution in [0, 0.1) is 4.77 Å². The van der Waals surface area contributed by atoms with Crippen molar-refractivity contribution < 1.29 is 5.11 Å². The highest BCUT2D eigenvalue weighted by molar-refractivity contribution is 7.71. The number of H-pyrrole nitrogens is 1. The van der Waals surface area contributed by atoms with Gasteiger partial charge in [0.1, 0.15) is 0 Å². The van der Waals surface area contributed by atoms with Gasteiger partial charge in [0.25, 0.3) is 0 Å². The molecule has 4 nitrogen and oxygen atoms in total. The molecule has 0 saturated carbocycles. The van der Waals surface area contributed by atoms with Crippen molar-refractivity contribution in [1.29, 1.82) is 0 Å². The number of hydrogen-bond acceptors (Lipinski definition) is 3. The van der Waals surface area contributed by atoms with Gasteiger partial charge in [0.15, 0.2) is 10.6 Å². The van der Waals surface area contributed by atoms with Crippen LogP contribution in [-0.2, 0) is 6.54 Å². The van der Waals surface area contributed by atoms with E-state index in [2.05, 4.69) is 10.2 Å². The smallest absolute Gasteiger partial charge is 0.195 e. The fraction of sp³-hybridized carbons (Fsp3) is 0.200. The third-order valence-corrected chi connectivity index (χ3v) is 2.71. The average molecular weight is 256 g/mol. The van der Waals surface area contributed by atoms with Crippen LogP contribution in [0.4, 0.5) is 0 Å². The van der Waals surface area contributed by atoms with Gasteiger partial charge in [0.2, 0.25) is 0 Å². The molecular weight excluding hydrogens is 246 g/mol. The topological polar surface area (TPSA) is 53.8 Å². The molecule has 2 aromatic rings. The molecule has 2 N–H and O–H groups in total. The highest BCUT2D eigenvalue weighted by atomic mass is 35.5. The molecule has 0 spiro atoms. The van der Waals surface area contributed by atoms with Crippen LogP contribution in [-0.4, -0.2) is 26.5 Å². The van der Waals surface area contributed by atoms with E-state index < -0.39 is 0 Å². The van der Waals surface area contributed by atoms with Crippen LogP contribution in [0.5, 0.6) is 0 Å². The third-order valence-electron chi connectivity index (χ3n) is 2.16. The molecule has 0 unspecified atom stereocenters. The van der Waals surface area contributed by atoms with Gasteiger partial charge in [-0.3, -0.25) is 9.67 Å². The Hall–Kier alpha value is -1.17. The van der Waals surface area contributed by atoms with E-state index in [1.165, 1.54) is 0 Å². The lowest BCUT2D eigenvalue weighted by Gasteiger charge is -2.04. The van der Waals surface area contributed by atoms with Crippen molar-refractivity contribution in [2.24, 2.45) is 0 Å². The van der Waals surface area contributed by atoms with Crippen LogP contribution in [0.25, 0.3) is 11.4 Å². The molecule has 0 atom stereocenters. The Balaban J connectivity index is 2.51. The molecule has 1 aromatic carbocycles. The largest absolute Gasteiger partial charge is 0.395 e. The molecule has 0 radical (unpaired) electrons. The predicted octanol–water partition coefficient (Wildman–Crippen LogP) is 2.25. The molecule has 2 rings (SSSR count). The van der Waals surface area contributed by atoms with E-state index in [0.717, 1.165) is 5.56 Å². The summed E-state index contributed by atoms with van der Waals surface area (Å²) in [6.07, 6.45) is 0. The van der Waals surface area contributed by atoms with E-state index in [1.54, 1.807) is 16.7 Å². The van der Waals surface area contributed by atoms with E-state index in [9.17, 15) is 0 Å².